The summed E-state index contributed by atoms with van der Waals surface area (Å²) in [6.45, 7) is 3.06. The van der Waals surface area contributed by atoms with E-state index in [9.17, 15) is 23.9 Å². The molecular formula is C23H23F2N3O5. The van der Waals surface area contributed by atoms with E-state index in [2.05, 4.69) is 10.6 Å². The lowest BCUT2D eigenvalue weighted by molar-refractivity contribution is -0.155. The second-order valence-corrected chi connectivity index (χ2v) is 8.58. The first-order valence-electron chi connectivity index (χ1n) is 10.4. The fourth-order valence-electron chi connectivity index (χ4n) is 4.14. The van der Waals surface area contributed by atoms with E-state index in [-0.39, 0.29) is 12.1 Å². The summed E-state index contributed by atoms with van der Waals surface area (Å²) in [6.07, 6.45) is 0.580. The Morgan fingerprint density at radius 2 is 1.88 bits per heavy atom. The van der Waals surface area contributed by atoms with Crippen molar-refractivity contribution in [2.24, 2.45) is 0 Å². The third kappa shape index (κ3) is 4.20. The van der Waals surface area contributed by atoms with Gasteiger partial charge in [0.05, 0.1) is 6.61 Å². The van der Waals surface area contributed by atoms with Crippen LogP contribution in [-0.4, -0.2) is 52.6 Å². The van der Waals surface area contributed by atoms with E-state index in [1.807, 2.05) is 0 Å². The number of urea groups is 1. The van der Waals surface area contributed by atoms with Gasteiger partial charge in [-0.05, 0) is 55.3 Å². The molecule has 0 bridgehead atoms. The van der Waals surface area contributed by atoms with Crippen LogP contribution in [-0.2, 0) is 16.0 Å². The average Bonchev–Trinajstić information content (AvgIpc) is 3.33. The molecule has 4 rings (SSSR count). The highest BCUT2D eigenvalue weighted by Gasteiger charge is 2.50. The monoisotopic (exact) mass is 459 g/mol. The van der Waals surface area contributed by atoms with Gasteiger partial charge in [-0.3, -0.25) is 4.79 Å². The minimum atomic E-state index is -1.57. The fraction of sp³-hybridized carbons (Fsp3) is 0.348. The molecule has 0 saturated carbocycles. The van der Waals surface area contributed by atoms with Crippen LogP contribution in [0.4, 0.5) is 19.3 Å². The molecule has 2 aromatic rings. The first kappa shape index (κ1) is 22.5. The van der Waals surface area contributed by atoms with Crippen LogP contribution in [0.1, 0.15) is 30.9 Å². The maximum Gasteiger partial charge on any atom is 0.329 e. The molecule has 0 aliphatic carbocycles. The first-order valence-corrected chi connectivity index (χ1v) is 10.4. The molecule has 3 N–H and O–H groups in total. The molecule has 2 aliphatic rings. The summed E-state index contributed by atoms with van der Waals surface area (Å²) < 4.78 is 33.5. The number of amides is 3. The lowest BCUT2D eigenvalue weighted by atomic mass is 9.91. The summed E-state index contributed by atoms with van der Waals surface area (Å²) in [4.78, 5) is 38.8. The third-order valence-corrected chi connectivity index (χ3v) is 6.11. The molecule has 1 fully saturated rings. The van der Waals surface area contributed by atoms with Gasteiger partial charge in [0.1, 0.15) is 29.0 Å². The number of benzene rings is 2. The quantitative estimate of drug-likeness (QED) is 0.637. The molecule has 2 aliphatic heterocycles. The van der Waals surface area contributed by atoms with Crippen molar-refractivity contribution >= 4 is 23.6 Å². The van der Waals surface area contributed by atoms with Crippen LogP contribution in [0.25, 0.3) is 0 Å². The molecule has 10 heteroatoms. The van der Waals surface area contributed by atoms with Gasteiger partial charge in [-0.2, -0.15) is 0 Å². The topological polar surface area (TPSA) is 108 Å². The van der Waals surface area contributed by atoms with Gasteiger partial charge in [0.25, 0.3) is 0 Å². The van der Waals surface area contributed by atoms with Crippen LogP contribution >= 0.6 is 0 Å². The van der Waals surface area contributed by atoms with Crippen LogP contribution in [0, 0.1) is 11.6 Å². The number of carbonyl (C=O) groups excluding carboxylic acids is 2. The standard InChI is InChI=1S/C23H23F2N3O5/c1-23(2,21(30)31)28-11-16(15-9-12-7-8-33-18(12)10-17(15)25)19(20(28)29)27-22(32)26-14-5-3-13(24)4-6-14/h3-6,9-10,16,19H,7-8,11H2,1-2H3,(H,30,31)(H2,26,27,32)/t16-,19-/m0/s1. The van der Waals surface area contributed by atoms with Gasteiger partial charge >= 0.3 is 12.0 Å². The lowest BCUT2D eigenvalue weighted by Crippen LogP contribution is -2.53. The Balaban J connectivity index is 1.65. The molecular weight excluding hydrogens is 436 g/mol. The minimum absolute atomic E-state index is 0.101. The van der Waals surface area contributed by atoms with Crippen LogP contribution in [0.5, 0.6) is 5.75 Å². The number of likely N-dealkylation sites (tertiary alicyclic amines) is 1. The maximum absolute atomic E-state index is 15.0. The van der Waals surface area contributed by atoms with E-state index < -0.39 is 47.0 Å². The first-order chi connectivity index (χ1) is 15.6. The Kier molecular flexibility index (Phi) is 5.69. The lowest BCUT2D eigenvalue weighted by Gasteiger charge is -2.31. The summed E-state index contributed by atoms with van der Waals surface area (Å²) >= 11 is 0. The largest absolute Gasteiger partial charge is 0.493 e. The number of nitrogens with one attached hydrogen (secondary N) is 2. The predicted molar refractivity (Wildman–Crippen MR) is 114 cm³/mol. The molecule has 0 spiro atoms. The molecule has 2 heterocycles. The van der Waals surface area contributed by atoms with Gasteiger partial charge in [0.15, 0.2) is 0 Å². The SMILES string of the molecule is CC(C)(C(=O)O)N1C[C@@H](c2cc3c(cc2F)OCC3)[C@H](NC(=O)Nc2ccc(F)cc2)C1=O. The number of hydrogen-bond donors (Lipinski definition) is 3. The molecule has 0 aromatic heterocycles. The van der Waals surface area contributed by atoms with Crippen molar-refractivity contribution in [1.29, 1.82) is 0 Å². The highest BCUT2D eigenvalue weighted by molar-refractivity contribution is 5.97. The number of aliphatic carboxylic acids is 1. The molecule has 0 unspecified atom stereocenters. The van der Waals surface area contributed by atoms with E-state index in [4.69, 9.17) is 4.74 Å². The summed E-state index contributed by atoms with van der Waals surface area (Å²) in [6, 6.07) is 5.92. The molecule has 0 radical (unpaired) electrons. The highest BCUT2D eigenvalue weighted by Crippen LogP contribution is 2.38. The van der Waals surface area contributed by atoms with E-state index >= 15 is 4.39 Å². The molecule has 174 valence electrons. The van der Waals surface area contributed by atoms with Gasteiger partial charge in [-0.25, -0.2) is 18.4 Å². The highest BCUT2D eigenvalue weighted by atomic mass is 19.1. The minimum Gasteiger partial charge on any atom is -0.493 e. The Hall–Kier alpha value is -3.69. The number of rotatable bonds is 5. The van der Waals surface area contributed by atoms with Gasteiger partial charge in [0, 0.05) is 30.6 Å². The molecule has 2 atom stereocenters. The van der Waals surface area contributed by atoms with Crippen molar-refractivity contribution in [2.75, 3.05) is 18.5 Å². The van der Waals surface area contributed by atoms with Crippen LogP contribution in [0.2, 0.25) is 0 Å². The van der Waals surface area contributed by atoms with Gasteiger partial charge in [0.2, 0.25) is 5.91 Å². The Morgan fingerprint density at radius 1 is 1.18 bits per heavy atom. The number of hydrogen-bond acceptors (Lipinski definition) is 4. The summed E-state index contributed by atoms with van der Waals surface area (Å²) in [7, 11) is 0. The van der Waals surface area contributed by atoms with Crippen LogP contribution < -0.4 is 15.4 Å². The molecule has 3 amide bonds. The zero-order chi connectivity index (χ0) is 23.9. The summed E-state index contributed by atoms with van der Waals surface area (Å²) in [5, 5.41) is 14.7. The number of anilines is 1. The number of carboxylic acids is 1. The molecule has 33 heavy (non-hydrogen) atoms. The van der Waals surface area contributed by atoms with Gasteiger partial charge < -0.3 is 25.4 Å². The Labute approximate surface area is 188 Å². The summed E-state index contributed by atoms with van der Waals surface area (Å²) in [5.74, 6) is -3.35. The normalized spacial score (nSPS) is 19.8. The van der Waals surface area contributed by atoms with Crippen molar-refractivity contribution in [3.63, 3.8) is 0 Å². The van der Waals surface area contributed by atoms with Crippen molar-refractivity contribution in [1.82, 2.24) is 10.2 Å². The third-order valence-electron chi connectivity index (χ3n) is 6.11. The zero-order valence-corrected chi connectivity index (χ0v) is 18.0. The number of carboxylic acid groups (broad SMARTS) is 1. The van der Waals surface area contributed by atoms with Crippen LogP contribution in [0.3, 0.4) is 0 Å². The zero-order valence-electron chi connectivity index (χ0n) is 18.0. The number of carbonyl (C=O) groups is 3. The van der Waals surface area contributed by atoms with Gasteiger partial charge in [-0.1, -0.05) is 0 Å². The number of ether oxygens (including phenoxy) is 1. The van der Waals surface area contributed by atoms with E-state index in [1.54, 1.807) is 6.07 Å². The molecule has 8 nitrogen and oxygen atoms in total. The maximum atomic E-state index is 15.0. The van der Waals surface area contributed by atoms with Gasteiger partial charge in [-0.15, -0.1) is 0 Å². The smallest absolute Gasteiger partial charge is 0.329 e. The molecule has 2 aromatic carbocycles. The van der Waals surface area contributed by atoms with E-state index in [0.29, 0.717) is 24.5 Å². The van der Waals surface area contributed by atoms with Crippen molar-refractivity contribution in [2.45, 2.75) is 37.8 Å². The Bertz CT molecular complexity index is 1120. The number of nitrogens with zero attached hydrogens (tertiary/aromatic N) is 1. The van der Waals surface area contributed by atoms with E-state index in [1.165, 1.54) is 32.0 Å². The summed E-state index contributed by atoms with van der Waals surface area (Å²) in [5.41, 5.74) is -0.303. The molecule has 1 saturated heterocycles. The fourth-order valence-corrected chi connectivity index (χ4v) is 4.14. The average molecular weight is 459 g/mol. The predicted octanol–water partition coefficient (Wildman–Crippen LogP) is 2.88. The number of fused-ring (bicyclic) bond motifs is 1. The Morgan fingerprint density at radius 3 is 2.55 bits per heavy atom. The van der Waals surface area contributed by atoms with Crippen molar-refractivity contribution in [3.05, 3.63) is 59.2 Å². The van der Waals surface area contributed by atoms with E-state index in [0.717, 1.165) is 22.6 Å². The second kappa shape index (κ2) is 8.34. The second-order valence-electron chi connectivity index (χ2n) is 8.58. The van der Waals surface area contributed by atoms with Crippen molar-refractivity contribution < 1.29 is 33.0 Å². The van der Waals surface area contributed by atoms with Crippen LogP contribution in [0.15, 0.2) is 36.4 Å². The van der Waals surface area contributed by atoms with Crippen molar-refractivity contribution in [3.8, 4) is 5.75 Å². The number of halogens is 2.